The third kappa shape index (κ3) is 5.84. The van der Waals surface area contributed by atoms with Crippen molar-refractivity contribution in [3.63, 3.8) is 0 Å². The maximum atomic E-state index is 12.6. The third-order valence-corrected chi connectivity index (χ3v) is 6.44. The fraction of sp³-hybridized carbons (Fsp3) is 0.577. The van der Waals surface area contributed by atoms with Crippen LogP contribution >= 0.6 is 0 Å². The van der Waals surface area contributed by atoms with Crippen molar-refractivity contribution in [2.75, 3.05) is 0 Å². The quantitative estimate of drug-likeness (QED) is 0.457. The summed E-state index contributed by atoms with van der Waals surface area (Å²) in [5.41, 5.74) is 0.865. The van der Waals surface area contributed by atoms with E-state index in [1.54, 1.807) is 45.0 Å². The van der Waals surface area contributed by atoms with Gasteiger partial charge in [-0.2, -0.15) is 0 Å². The maximum absolute atomic E-state index is 12.6. The minimum absolute atomic E-state index is 0.160. The van der Waals surface area contributed by atoms with Gasteiger partial charge in [-0.05, 0) is 63.5 Å². The van der Waals surface area contributed by atoms with Gasteiger partial charge in [0.2, 0.25) is 0 Å². The second-order valence-electron chi connectivity index (χ2n) is 10.4. The van der Waals surface area contributed by atoms with E-state index in [0.29, 0.717) is 12.0 Å². The van der Waals surface area contributed by atoms with Gasteiger partial charge in [-0.15, -0.1) is 0 Å². The van der Waals surface area contributed by atoms with E-state index in [2.05, 4.69) is 19.9 Å². The molecule has 2 aliphatic rings. The van der Waals surface area contributed by atoms with E-state index in [4.69, 9.17) is 9.47 Å². The van der Waals surface area contributed by atoms with Crippen LogP contribution in [-0.4, -0.2) is 29.4 Å². The van der Waals surface area contributed by atoms with E-state index in [1.807, 2.05) is 6.07 Å². The van der Waals surface area contributed by atoms with E-state index in [0.717, 1.165) is 19.3 Å². The number of Topliss-reactive ketones (excluding diaryl/α,β-unsaturated/α-hetero) is 1. The summed E-state index contributed by atoms with van der Waals surface area (Å²) in [7, 11) is 0. The van der Waals surface area contributed by atoms with E-state index in [-0.39, 0.29) is 35.4 Å². The molecule has 5 nitrogen and oxygen atoms in total. The summed E-state index contributed by atoms with van der Waals surface area (Å²) in [6, 6.07) is 8.81. The first kappa shape index (κ1) is 23.2. The molecule has 1 saturated heterocycles. The van der Waals surface area contributed by atoms with Crippen LogP contribution < -0.4 is 0 Å². The van der Waals surface area contributed by atoms with Gasteiger partial charge in [0.1, 0.15) is 17.5 Å². The molecule has 31 heavy (non-hydrogen) atoms. The smallest absolute Gasteiger partial charge is 0.338 e. The number of allylic oxidation sites excluding steroid dienone is 1. The number of benzene rings is 1. The van der Waals surface area contributed by atoms with Crippen molar-refractivity contribution in [2.45, 2.75) is 78.4 Å². The lowest BCUT2D eigenvalue weighted by atomic mass is 9.68. The molecule has 0 spiro atoms. The van der Waals surface area contributed by atoms with Crippen LogP contribution in [0.15, 0.2) is 42.0 Å². The Morgan fingerprint density at radius 3 is 2.55 bits per heavy atom. The molecule has 3 rings (SSSR count). The standard InChI is InChI=1S/C26H34O5/c1-17(27)13-19-11-12-25(2,3)16-21(19)14-20-15-22(28)30-23(20)26(4,5)31-24(29)18-9-7-6-8-10-18/h6-10,14,19-20,23H,11-13,15-16H2,1-5H3/b21-14-/t19-,20-,23+/m0/s1. The van der Waals surface area contributed by atoms with Crippen LogP contribution in [0.5, 0.6) is 0 Å². The number of hydrogen-bond donors (Lipinski definition) is 0. The molecule has 1 saturated carbocycles. The normalized spacial score (nSPS) is 27.1. The van der Waals surface area contributed by atoms with Gasteiger partial charge >= 0.3 is 11.9 Å². The summed E-state index contributed by atoms with van der Waals surface area (Å²) in [5.74, 6) is -0.522. The summed E-state index contributed by atoms with van der Waals surface area (Å²) in [6.45, 7) is 9.70. The molecule has 1 aliphatic carbocycles. The Kier molecular flexibility index (Phi) is 6.73. The minimum atomic E-state index is -0.985. The van der Waals surface area contributed by atoms with Crippen LogP contribution in [0.4, 0.5) is 0 Å². The molecule has 2 fully saturated rings. The first-order chi connectivity index (χ1) is 14.5. The molecule has 1 aromatic carbocycles. The largest absolute Gasteiger partial charge is 0.457 e. The Morgan fingerprint density at radius 1 is 1.23 bits per heavy atom. The molecule has 1 aromatic rings. The highest BCUT2D eigenvalue weighted by Crippen LogP contribution is 2.45. The third-order valence-electron chi connectivity index (χ3n) is 6.44. The van der Waals surface area contributed by atoms with Crippen molar-refractivity contribution in [2.24, 2.45) is 17.3 Å². The van der Waals surface area contributed by atoms with E-state index < -0.39 is 17.7 Å². The number of esters is 2. The highest BCUT2D eigenvalue weighted by atomic mass is 16.6. The van der Waals surface area contributed by atoms with Crippen molar-refractivity contribution in [3.05, 3.63) is 47.5 Å². The van der Waals surface area contributed by atoms with Crippen LogP contribution in [0.25, 0.3) is 0 Å². The predicted molar refractivity (Wildman–Crippen MR) is 118 cm³/mol. The highest BCUT2D eigenvalue weighted by molar-refractivity contribution is 5.89. The summed E-state index contributed by atoms with van der Waals surface area (Å²) in [6.07, 6.45) is 5.30. The van der Waals surface area contributed by atoms with Gasteiger partial charge in [-0.3, -0.25) is 4.79 Å². The van der Waals surface area contributed by atoms with Crippen molar-refractivity contribution >= 4 is 17.7 Å². The molecule has 0 bridgehead atoms. The Bertz CT molecular complexity index is 865. The topological polar surface area (TPSA) is 69.7 Å². The zero-order valence-corrected chi connectivity index (χ0v) is 19.3. The lowest BCUT2D eigenvalue weighted by molar-refractivity contribution is -0.151. The molecule has 1 heterocycles. The Hall–Kier alpha value is -2.43. The second kappa shape index (κ2) is 8.97. The van der Waals surface area contributed by atoms with Crippen LogP contribution in [0.1, 0.15) is 77.1 Å². The molecule has 0 N–H and O–H groups in total. The molecule has 1 aliphatic heterocycles. The number of carbonyl (C=O) groups excluding carboxylic acids is 3. The van der Waals surface area contributed by atoms with Crippen molar-refractivity contribution in [1.29, 1.82) is 0 Å². The molecule has 5 heteroatoms. The number of ether oxygens (including phenoxy) is 2. The maximum Gasteiger partial charge on any atom is 0.338 e. The Balaban J connectivity index is 1.84. The van der Waals surface area contributed by atoms with Crippen molar-refractivity contribution < 1.29 is 23.9 Å². The summed E-state index contributed by atoms with van der Waals surface area (Å²) >= 11 is 0. The molecular formula is C26H34O5. The van der Waals surface area contributed by atoms with E-state index in [9.17, 15) is 14.4 Å². The fourth-order valence-corrected chi connectivity index (χ4v) is 4.90. The number of rotatable bonds is 6. The molecule has 0 amide bonds. The minimum Gasteiger partial charge on any atom is -0.457 e. The van der Waals surface area contributed by atoms with Gasteiger partial charge in [-0.25, -0.2) is 4.79 Å². The fourth-order valence-electron chi connectivity index (χ4n) is 4.90. The number of cyclic esters (lactones) is 1. The average Bonchev–Trinajstić information content (AvgIpc) is 3.05. The van der Waals surface area contributed by atoms with Crippen LogP contribution in [0.2, 0.25) is 0 Å². The zero-order chi connectivity index (χ0) is 22.8. The van der Waals surface area contributed by atoms with Gasteiger partial charge in [-0.1, -0.05) is 43.7 Å². The molecular weight excluding hydrogens is 392 g/mol. The summed E-state index contributed by atoms with van der Waals surface area (Å²) < 4.78 is 11.5. The van der Waals surface area contributed by atoms with Gasteiger partial charge in [0.05, 0.1) is 12.0 Å². The first-order valence-electron chi connectivity index (χ1n) is 11.1. The number of carbonyl (C=O) groups is 3. The van der Waals surface area contributed by atoms with E-state index >= 15 is 0 Å². The molecule has 3 atom stereocenters. The molecule has 0 unspecified atom stereocenters. The Labute approximate surface area is 185 Å². The average molecular weight is 427 g/mol. The number of hydrogen-bond acceptors (Lipinski definition) is 5. The molecule has 0 aromatic heterocycles. The van der Waals surface area contributed by atoms with Gasteiger partial charge in [0.25, 0.3) is 0 Å². The lowest BCUT2D eigenvalue weighted by Crippen LogP contribution is -2.44. The van der Waals surface area contributed by atoms with E-state index in [1.165, 1.54) is 5.57 Å². The second-order valence-corrected chi connectivity index (χ2v) is 10.4. The summed E-state index contributed by atoms with van der Waals surface area (Å²) in [4.78, 5) is 36.7. The predicted octanol–water partition coefficient (Wildman–Crippen LogP) is 5.29. The van der Waals surface area contributed by atoms with Crippen molar-refractivity contribution in [3.8, 4) is 0 Å². The van der Waals surface area contributed by atoms with Crippen LogP contribution in [0, 0.1) is 17.3 Å². The number of ketones is 1. The summed E-state index contributed by atoms with van der Waals surface area (Å²) in [5, 5.41) is 0. The highest BCUT2D eigenvalue weighted by Gasteiger charge is 2.47. The molecule has 0 radical (unpaired) electrons. The van der Waals surface area contributed by atoms with Crippen LogP contribution in [-0.2, 0) is 19.1 Å². The zero-order valence-electron chi connectivity index (χ0n) is 19.3. The van der Waals surface area contributed by atoms with Gasteiger partial charge < -0.3 is 14.3 Å². The first-order valence-corrected chi connectivity index (χ1v) is 11.1. The lowest BCUT2D eigenvalue weighted by Gasteiger charge is -2.38. The van der Waals surface area contributed by atoms with Gasteiger partial charge in [0.15, 0.2) is 0 Å². The molecule has 168 valence electrons. The monoisotopic (exact) mass is 426 g/mol. The van der Waals surface area contributed by atoms with Crippen molar-refractivity contribution in [1.82, 2.24) is 0 Å². The Morgan fingerprint density at radius 2 is 1.90 bits per heavy atom. The SMILES string of the molecule is CC(=O)C[C@@H]1CCC(C)(C)C/C1=C/[C@H]1CC(=O)O[C@H]1C(C)(C)OC(=O)c1ccccc1. The van der Waals surface area contributed by atoms with Gasteiger partial charge in [0, 0.05) is 12.3 Å². The van der Waals surface area contributed by atoms with Crippen LogP contribution in [0.3, 0.4) is 0 Å².